The van der Waals surface area contributed by atoms with Gasteiger partial charge in [-0.3, -0.25) is 0 Å². The molecule has 0 radical (unpaired) electrons. The van der Waals surface area contributed by atoms with E-state index in [0.29, 0.717) is 12.5 Å². The minimum atomic E-state index is -1.68. The average molecular weight is 260 g/mol. The number of rotatable bonds is 4. The first-order valence-electron chi connectivity index (χ1n) is 6.57. The number of aliphatic hydroxyl groups excluding tert-OH is 1. The van der Waals surface area contributed by atoms with Crippen molar-refractivity contribution in [3.05, 3.63) is 0 Å². The topological polar surface area (TPSA) is 38.7 Å². The second-order valence-corrected chi connectivity index (χ2v) is 11.6. The first kappa shape index (κ1) is 15.2. The molecule has 1 aliphatic heterocycles. The predicted molar refractivity (Wildman–Crippen MR) is 72.7 cm³/mol. The van der Waals surface area contributed by atoms with Gasteiger partial charge in [0.2, 0.25) is 0 Å². The zero-order valence-electron chi connectivity index (χ0n) is 12.1. The molecular weight excluding hydrogens is 232 g/mol. The first-order chi connectivity index (χ1) is 7.67. The Hall–Kier alpha value is 0.0969. The molecule has 0 bridgehead atoms. The van der Waals surface area contributed by atoms with Gasteiger partial charge in [0.05, 0.1) is 25.4 Å². The van der Waals surface area contributed by atoms with Crippen LogP contribution in [-0.4, -0.2) is 38.8 Å². The van der Waals surface area contributed by atoms with Crippen LogP contribution in [0.3, 0.4) is 0 Å². The van der Waals surface area contributed by atoms with Gasteiger partial charge in [-0.2, -0.15) is 0 Å². The van der Waals surface area contributed by atoms with Crippen molar-refractivity contribution in [2.75, 3.05) is 13.2 Å². The SMILES string of the molecule is C[C@@H]1C[C@@H](CO)O[C@H]1CO[Si](C)(C)C(C)(C)C. The molecule has 1 fully saturated rings. The molecule has 0 saturated carbocycles. The molecule has 1 saturated heterocycles. The molecule has 1 N–H and O–H groups in total. The zero-order valence-corrected chi connectivity index (χ0v) is 13.1. The predicted octanol–water partition coefficient (Wildman–Crippen LogP) is 2.79. The summed E-state index contributed by atoms with van der Waals surface area (Å²) in [5.41, 5.74) is 0. The zero-order chi connectivity index (χ0) is 13.3. The van der Waals surface area contributed by atoms with Crippen molar-refractivity contribution < 1.29 is 14.3 Å². The summed E-state index contributed by atoms with van der Waals surface area (Å²) in [6.07, 6.45) is 1.11. The molecule has 17 heavy (non-hydrogen) atoms. The third-order valence-electron chi connectivity index (χ3n) is 4.25. The standard InChI is InChI=1S/C13H28O3Si/c1-10-7-11(8-14)16-12(10)9-15-17(5,6)13(2,3)4/h10-12,14H,7-9H2,1-6H3/t10-,11+,12+/m1/s1. The van der Waals surface area contributed by atoms with Gasteiger partial charge in [-0.15, -0.1) is 0 Å². The highest BCUT2D eigenvalue weighted by molar-refractivity contribution is 6.74. The number of aliphatic hydroxyl groups is 1. The van der Waals surface area contributed by atoms with Gasteiger partial charge in [0.15, 0.2) is 8.32 Å². The van der Waals surface area contributed by atoms with E-state index in [-0.39, 0.29) is 23.9 Å². The van der Waals surface area contributed by atoms with Crippen LogP contribution >= 0.6 is 0 Å². The van der Waals surface area contributed by atoms with Gasteiger partial charge < -0.3 is 14.3 Å². The Morgan fingerprint density at radius 2 is 1.94 bits per heavy atom. The van der Waals surface area contributed by atoms with Gasteiger partial charge >= 0.3 is 0 Å². The van der Waals surface area contributed by atoms with E-state index < -0.39 is 8.32 Å². The minimum absolute atomic E-state index is 0.0121. The summed E-state index contributed by atoms with van der Waals surface area (Å²) < 4.78 is 12.0. The van der Waals surface area contributed by atoms with Crippen LogP contribution < -0.4 is 0 Å². The second kappa shape index (κ2) is 5.39. The summed E-state index contributed by atoms with van der Waals surface area (Å²) in [5.74, 6) is 0.483. The molecule has 0 spiro atoms. The Morgan fingerprint density at radius 1 is 1.35 bits per heavy atom. The van der Waals surface area contributed by atoms with Crippen LogP contribution in [0.15, 0.2) is 0 Å². The highest BCUT2D eigenvalue weighted by Gasteiger charge is 2.39. The van der Waals surface area contributed by atoms with Crippen molar-refractivity contribution in [3.63, 3.8) is 0 Å². The third kappa shape index (κ3) is 3.78. The molecule has 0 aromatic rings. The average Bonchev–Trinajstić information content (AvgIpc) is 2.55. The molecule has 1 heterocycles. The highest BCUT2D eigenvalue weighted by Crippen LogP contribution is 2.37. The van der Waals surface area contributed by atoms with E-state index in [1.807, 2.05) is 0 Å². The lowest BCUT2D eigenvalue weighted by Crippen LogP contribution is -2.43. The lowest BCUT2D eigenvalue weighted by atomic mass is 10.0. The molecular formula is C13H28O3Si. The Kier molecular flexibility index (Phi) is 4.80. The number of hydrogen-bond donors (Lipinski definition) is 1. The summed E-state index contributed by atoms with van der Waals surface area (Å²) in [7, 11) is -1.68. The molecule has 0 amide bonds. The van der Waals surface area contributed by atoms with Crippen molar-refractivity contribution >= 4 is 8.32 Å². The van der Waals surface area contributed by atoms with Crippen LogP contribution in [0.4, 0.5) is 0 Å². The monoisotopic (exact) mass is 260 g/mol. The quantitative estimate of drug-likeness (QED) is 0.790. The van der Waals surface area contributed by atoms with Gasteiger partial charge in [0.25, 0.3) is 0 Å². The molecule has 102 valence electrons. The van der Waals surface area contributed by atoms with E-state index in [1.54, 1.807) is 0 Å². The highest BCUT2D eigenvalue weighted by atomic mass is 28.4. The lowest BCUT2D eigenvalue weighted by Gasteiger charge is -2.37. The molecule has 1 aliphatic rings. The molecule has 4 heteroatoms. The molecule has 0 aromatic carbocycles. The normalized spacial score (nSPS) is 30.9. The van der Waals surface area contributed by atoms with Gasteiger partial charge in [0, 0.05) is 0 Å². The fourth-order valence-electron chi connectivity index (χ4n) is 1.83. The fraction of sp³-hybridized carbons (Fsp3) is 1.00. The maximum absolute atomic E-state index is 9.10. The smallest absolute Gasteiger partial charge is 0.192 e. The van der Waals surface area contributed by atoms with Gasteiger partial charge in [-0.25, -0.2) is 0 Å². The molecule has 1 rings (SSSR count). The van der Waals surface area contributed by atoms with Crippen LogP contribution in [0.25, 0.3) is 0 Å². The van der Waals surface area contributed by atoms with Crippen molar-refractivity contribution in [1.29, 1.82) is 0 Å². The Bertz CT molecular complexity index is 248. The van der Waals surface area contributed by atoms with Crippen LogP contribution in [0.1, 0.15) is 34.1 Å². The largest absolute Gasteiger partial charge is 0.414 e. The van der Waals surface area contributed by atoms with E-state index in [4.69, 9.17) is 14.3 Å². The van der Waals surface area contributed by atoms with Gasteiger partial charge in [-0.1, -0.05) is 27.7 Å². The number of ether oxygens (including phenoxy) is 1. The van der Waals surface area contributed by atoms with E-state index in [0.717, 1.165) is 6.42 Å². The van der Waals surface area contributed by atoms with Crippen molar-refractivity contribution in [2.24, 2.45) is 5.92 Å². The van der Waals surface area contributed by atoms with E-state index in [9.17, 15) is 0 Å². The Labute approximate surface area is 107 Å². The van der Waals surface area contributed by atoms with Gasteiger partial charge in [0.1, 0.15) is 0 Å². The second-order valence-electron chi connectivity index (χ2n) is 6.76. The summed E-state index contributed by atoms with van der Waals surface area (Å²) in [5, 5.41) is 9.34. The van der Waals surface area contributed by atoms with Crippen LogP contribution in [0.5, 0.6) is 0 Å². The number of hydrogen-bond acceptors (Lipinski definition) is 3. The van der Waals surface area contributed by atoms with E-state index >= 15 is 0 Å². The fourth-order valence-corrected chi connectivity index (χ4v) is 2.85. The molecule has 0 unspecified atom stereocenters. The molecule has 0 aromatic heterocycles. The molecule has 3 nitrogen and oxygen atoms in total. The summed E-state index contributed by atoms with van der Waals surface area (Å²) in [6.45, 7) is 14.2. The van der Waals surface area contributed by atoms with Crippen molar-refractivity contribution in [3.8, 4) is 0 Å². The summed E-state index contributed by atoms with van der Waals surface area (Å²) in [6, 6.07) is 0. The van der Waals surface area contributed by atoms with Crippen LogP contribution in [0.2, 0.25) is 18.1 Å². The maximum atomic E-state index is 9.10. The third-order valence-corrected chi connectivity index (χ3v) is 8.76. The Morgan fingerprint density at radius 3 is 2.35 bits per heavy atom. The van der Waals surface area contributed by atoms with Crippen molar-refractivity contribution in [2.45, 2.75) is 64.5 Å². The van der Waals surface area contributed by atoms with E-state index in [1.165, 1.54) is 0 Å². The van der Waals surface area contributed by atoms with Crippen LogP contribution in [0, 0.1) is 5.92 Å². The van der Waals surface area contributed by atoms with Crippen molar-refractivity contribution in [1.82, 2.24) is 0 Å². The summed E-state index contributed by atoms with van der Waals surface area (Å²) >= 11 is 0. The van der Waals surface area contributed by atoms with Gasteiger partial charge in [-0.05, 0) is 30.5 Å². The summed E-state index contributed by atoms with van der Waals surface area (Å²) in [4.78, 5) is 0. The lowest BCUT2D eigenvalue weighted by molar-refractivity contribution is -0.0164. The molecule has 3 atom stereocenters. The van der Waals surface area contributed by atoms with E-state index in [2.05, 4.69) is 40.8 Å². The maximum Gasteiger partial charge on any atom is 0.192 e. The first-order valence-corrected chi connectivity index (χ1v) is 9.48. The minimum Gasteiger partial charge on any atom is -0.414 e. The van der Waals surface area contributed by atoms with Crippen LogP contribution in [-0.2, 0) is 9.16 Å². The molecule has 0 aliphatic carbocycles. The Balaban J connectivity index is 2.46.